The van der Waals surface area contributed by atoms with E-state index < -0.39 is 12.1 Å². The van der Waals surface area contributed by atoms with Crippen LogP contribution in [-0.4, -0.2) is 48.9 Å². The first-order valence-electron chi connectivity index (χ1n) is 9.78. The van der Waals surface area contributed by atoms with E-state index >= 15 is 0 Å². The minimum absolute atomic E-state index is 0.0112. The summed E-state index contributed by atoms with van der Waals surface area (Å²) in [5, 5.41) is 14.8. The number of carbonyl (C=O) groups excluding carboxylic acids is 1. The Balaban J connectivity index is 0.000000785. The summed E-state index contributed by atoms with van der Waals surface area (Å²) in [5.41, 5.74) is 6.76. The van der Waals surface area contributed by atoms with Crippen LogP contribution in [0, 0.1) is 5.41 Å². The molecule has 0 radical (unpaired) electrons. The van der Waals surface area contributed by atoms with Crippen molar-refractivity contribution < 1.29 is 28.9 Å². The maximum atomic E-state index is 12.1. The van der Waals surface area contributed by atoms with Crippen molar-refractivity contribution in [1.29, 1.82) is 5.41 Å². The van der Waals surface area contributed by atoms with Crippen LogP contribution in [0.1, 0.15) is 25.8 Å². The third-order valence-corrected chi connectivity index (χ3v) is 4.10. The Bertz CT molecular complexity index is 879. The smallest absolute Gasteiger partial charge is 0.414 e. The van der Waals surface area contributed by atoms with Crippen molar-refractivity contribution in [2.45, 2.75) is 26.4 Å². The number of nitrogens with one attached hydrogen (secondary N) is 1. The largest absolute Gasteiger partial charge is 0.494 e. The number of rotatable bonds is 8. The first-order chi connectivity index (χ1) is 14.8. The SMILES string of the molecule is CC(=O)O.CCCOc1ccc(OCC2CN(c3ccc(C(=N)N)cc3)C(=O)O2)cc1. The number of anilines is 1. The number of aliphatic carboxylic acids is 1. The number of carboxylic acids is 1. The van der Waals surface area contributed by atoms with E-state index in [1.54, 1.807) is 29.2 Å². The van der Waals surface area contributed by atoms with Crippen LogP contribution in [0.25, 0.3) is 0 Å². The average Bonchev–Trinajstić information content (AvgIpc) is 3.11. The summed E-state index contributed by atoms with van der Waals surface area (Å²) < 4.78 is 16.6. The van der Waals surface area contributed by atoms with E-state index in [2.05, 4.69) is 6.92 Å². The summed E-state index contributed by atoms with van der Waals surface area (Å²) >= 11 is 0. The molecule has 1 atom stereocenters. The zero-order chi connectivity index (χ0) is 22.8. The quantitative estimate of drug-likeness (QED) is 0.433. The summed E-state index contributed by atoms with van der Waals surface area (Å²) in [7, 11) is 0. The van der Waals surface area contributed by atoms with Crippen molar-refractivity contribution in [2.24, 2.45) is 5.73 Å². The molecule has 1 heterocycles. The van der Waals surface area contributed by atoms with Crippen LogP contribution < -0.4 is 20.1 Å². The summed E-state index contributed by atoms with van der Waals surface area (Å²) in [6, 6.07) is 14.3. The van der Waals surface area contributed by atoms with Gasteiger partial charge in [-0.25, -0.2) is 4.79 Å². The van der Waals surface area contributed by atoms with Gasteiger partial charge in [0.25, 0.3) is 5.97 Å². The van der Waals surface area contributed by atoms with E-state index in [1.807, 2.05) is 24.3 Å². The Morgan fingerprint density at radius 1 is 1.16 bits per heavy atom. The van der Waals surface area contributed by atoms with Gasteiger partial charge in [-0.3, -0.25) is 15.1 Å². The lowest BCUT2D eigenvalue weighted by Crippen LogP contribution is -2.26. The van der Waals surface area contributed by atoms with Crippen molar-refractivity contribution in [1.82, 2.24) is 0 Å². The van der Waals surface area contributed by atoms with Crippen molar-refractivity contribution >= 4 is 23.6 Å². The van der Waals surface area contributed by atoms with Gasteiger partial charge in [-0.15, -0.1) is 0 Å². The maximum absolute atomic E-state index is 12.1. The molecule has 166 valence electrons. The highest BCUT2D eigenvalue weighted by atomic mass is 16.6. The summed E-state index contributed by atoms with van der Waals surface area (Å²) in [6.45, 7) is 4.49. The van der Waals surface area contributed by atoms with E-state index in [-0.39, 0.29) is 18.5 Å². The molecule has 3 rings (SSSR count). The molecule has 2 aromatic carbocycles. The van der Waals surface area contributed by atoms with E-state index in [1.165, 1.54) is 0 Å². The maximum Gasteiger partial charge on any atom is 0.414 e. The lowest BCUT2D eigenvalue weighted by atomic mass is 10.2. The minimum Gasteiger partial charge on any atom is -0.494 e. The number of ether oxygens (including phenoxy) is 3. The summed E-state index contributed by atoms with van der Waals surface area (Å²) in [4.78, 5) is 22.7. The molecule has 0 saturated carbocycles. The molecule has 9 heteroatoms. The number of carbonyl (C=O) groups is 2. The zero-order valence-electron chi connectivity index (χ0n) is 17.5. The van der Waals surface area contributed by atoms with Crippen molar-refractivity contribution in [2.75, 3.05) is 24.7 Å². The van der Waals surface area contributed by atoms with Gasteiger partial charge in [0, 0.05) is 18.2 Å². The topological polar surface area (TPSA) is 135 Å². The molecule has 1 aliphatic heterocycles. The molecule has 0 aromatic heterocycles. The second-order valence-corrected chi connectivity index (χ2v) is 6.73. The van der Waals surface area contributed by atoms with Gasteiger partial charge in [-0.1, -0.05) is 6.92 Å². The van der Waals surface area contributed by atoms with Crippen LogP contribution in [0.3, 0.4) is 0 Å². The normalized spacial score (nSPS) is 14.8. The number of carboxylic acid groups (broad SMARTS) is 1. The molecule has 1 saturated heterocycles. The second kappa shape index (κ2) is 11.4. The number of hydrogen-bond donors (Lipinski definition) is 3. The van der Waals surface area contributed by atoms with Crippen LogP contribution in [-0.2, 0) is 9.53 Å². The zero-order valence-corrected chi connectivity index (χ0v) is 17.5. The third-order valence-electron chi connectivity index (χ3n) is 4.10. The van der Waals surface area contributed by atoms with Gasteiger partial charge < -0.3 is 25.1 Å². The van der Waals surface area contributed by atoms with Crippen LogP contribution in [0.2, 0.25) is 0 Å². The van der Waals surface area contributed by atoms with Crippen molar-refractivity contribution in [3.8, 4) is 11.5 Å². The van der Waals surface area contributed by atoms with Crippen LogP contribution in [0.5, 0.6) is 11.5 Å². The number of nitrogens with two attached hydrogens (primary N) is 1. The van der Waals surface area contributed by atoms with Crippen LogP contribution >= 0.6 is 0 Å². The highest BCUT2D eigenvalue weighted by Crippen LogP contribution is 2.23. The fourth-order valence-electron chi connectivity index (χ4n) is 2.68. The molecule has 1 amide bonds. The molecule has 9 nitrogen and oxygen atoms in total. The van der Waals surface area contributed by atoms with Gasteiger partial charge in [-0.2, -0.15) is 0 Å². The summed E-state index contributed by atoms with van der Waals surface area (Å²) in [6.07, 6.45) is 0.183. The molecule has 31 heavy (non-hydrogen) atoms. The van der Waals surface area contributed by atoms with E-state index in [4.69, 9.17) is 35.3 Å². The number of nitrogen functional groups attached to an aromatic ring is 1. The summed E-state index contributed by atoms with van der Waals surface area (Å²) in [5.74, 6) is 0.652. The predicted molar refractivity (Wildman–Crippen MR) is 116 cm³/mol. The van der Waals surface area contributed by atoms with Gasteiger partial charge in [0.05, 0.1) is 13.2 Å². The second-order valence-electron chi connectivity index (χ2n) is 6.73. The van der Waals surface area contributed by atoms with Crippen molar-refractivity contribution in [3.63, 3.8) is 0 Å². The molecule has 1 aliphatic rings. The first-order valence-corrected chi connectivity index (χ1v) is 9.78. The fourth-order valence-corrected chi connectivity index (χ4v) is 2.68. The number of cyclic esters (lactones) is 1. The third kappa shape index (κ3) is 7.54. The minimum atomic E-state index is -0.833. The predicted octanol–water partition coefficient (Wildman–Crippen LogP) is 3.25. The Kier molecular flexibility index (Phi) is 8.68. The Hall–Kier alpha value is -3.75. The highest BCUT2D eigenvalue weighted by Gasteiger charge is 2.32. The number of nitrogens with zero attached hydrogens (tertiary/aromatic N) is 1. The van der Waals surface area contributed by atoms with Gasteiger partial charge in [0.1, 0.15) is 23.9 Å². The van der Waals surface area contributed by atoms with Crippen LogP contribution in [0.15, 0.2) is 48.5 Å². The fraction of sp³-hybridized carbons (Fsp3) is 0.318. The highest BCUT2D eigenvalue weighted by molar-refractivity contribution is 5.96. The molecule has 0 bridgehead atoms. The molecule has 0 spiro atoms. The number of amidine groups is 1. The first kappa shape index (κ1) is 23.5. The molecular formula is C22H27N3O6. The molecular weight excluding hydrogens is 402 g/mol. The number of amides is 1. The van der Waals surface area contributed by atoms with Crippen molar-refractivity contribution in [3.05, 3.63) is 54.1 Å². The Labute approximate surface area is 180 Å². The van der Waals surface area contributed by atoms with Gasteiger partial charge in [0.2, 0.25) is 0 Å². The molecule has 4 N–H and O–H groups in total. The molecule has 0 aliphatic carbocycles. The number of hydrogen-bond acceptors (Lipinski definition) is 6. The Morgan fingerprint density at radius 2 is 1.71 bits per heavy atom. The van der Waals surface area contributed by atoms with Gasteiger partial charge in [-0.05, 0) is 55.0 Å². The van der Waals surface area contributed by atoms with Gasteiger partial charge in [0.15, 0.2) is 6.10 Å². The molecule has 1 unspecified atom stereocenters. The molecule has 2 aromatic rings. The standard InChI is InChI=1S/C20H23N3O4.C2H4O2/c1-2-11-25-16-7-9-17(10-8-16)26-13-18-12-23(20(24)27-18)15-5-3-14(4-6-15)19(21)22;1-2(3)4/h3-10,18H,2,11-13H2,1H3,(H3,21,22);1H3,(H,3,4). The monoisotopic (exact) mass is 429 g/mol. The van der Waals surface area contributed by atoms with Gasteiger partial charge >= 0.3 is 6.09 Å². The van der Waals surface area contributed by atoms with E-state index in [9.17, 15) is 4.79 Å². The lowest BCUT2D eigenvalue weighted by molar-refractivity contribution is -0.134. The molecule has 1 fully saturated rings. The lowest BCUT2D eigenvalue weighted by Gasteiger charge is -2.14. The Morgan fingerprint density at radius 3 is 2.23 bits per heavy atom. The van der Waals surface area contributed by atoms with E-state index in [0.29, 0.717) is 30.2 Å². The van der Waals surface area contributed by atoms with Crippen LogP contribution in [0.4, 0.5) is 10.5 Å². The van der Waals surface area contributed by atoms with E-state index in [0.717, 1.165) is 19.1 Å². The number of benzene rings is 2. The average molecular weight is 429 g/mol.